The lowest BCUT2D eigenvalue weighted by atomic mass is 10.1. The third-order valence-corrected chi connectivity index (χ3v) is 5.06. The molecule has 0 bridgehead atoms. The van der Waals surface area contributed by atoms with E-state index in [1.54, 1.807) is 26.2 Å². The number of thioether (sulfide) groups is 1. The smallest absolute Gasteiger partial charge is 0.230 e. The summed E-state index contributed by atoms with van der Waals surface area (Å²) in [5.41, 5.74) is 1.32. The summed E-state index contributed by atoms with van der Waals surface area (Å²) in [7, 11) is 1.63. The number of nitrogens with one attached hydrogen (secondary N) is 2. The van der Waals surface area contributed by atoms with E-state index in [0.29, 0.717) is 34.7 Å². The van der Waals surface area contributed by atoms with Crippen molar-refractivity contribution in [3.05, 3.63) is 35.1 Å². The Bertz CT molecular complexity index is 681. The van der Waals surface area contributed by atoms with Crippen LogP contribution in [0.4, 0.5) is 9.52 Å². The van der Waals surface area contributed by atoms with Crippen LogP contribution in [-0.4, -0.2) is 42.1 Å². The van der Waals surface area contributed by atoms with Crippen LogP contribution in [0.15, 0.2) is 22.5 Å². The standard InChI is InChI=1S/C15H19FN4O2S2/c1-10-3-4-11(7-12(10)16)8-18-13(21)9-23-15-20-19-14(24-15)17-5-6-22-2/h3-4,7H,5-6,8-9H2,1-2H3,(H,17,19)(H,18,21). The minimum atomic E-state index is -0.265. The number of carbonyl (C=O) groups is 1. The van der Waals surface area contributed by atoms with E-state index in [9.17, 15) is 9.18 Å². The lowest BCUT2D eigenvalue weighted by Crippen LogP contribution is -2.24. The fourth-order valence-electron chi connectivity index (χ4n) is 1.72. The Labute approximate surface area is 148 Å². The predicted molar refractivity (Wildman–Crippen MR) is 94.0 cm³/mol. The summed E-state index contributed by atoms with van der Waals surface area (Å²) in [6, 6.07) is 4.94. The van der Waals surface area contributed by atoms with Gasteiger partial charge < -0.3 is 15.4 Å². The monoisotopic (exact) mass is 370 g/mol. The van der Waals surface area contributed by atoms with Crippen LogP contribution < -0.4 is 10.6 Å². The van der Waals surface area contributed by atoms with E-state index in [0.717, 1.165) is 5.56 Å². The summed E-state index contributed by atoms with van der Waals surface area (Å²) in [4.78, 5) is 11.9. The summed E-state index contributed by atoms with van der Waals surface area (Å²) < 4.78 is 19.1. The largest absolute Gasteiger partial charge is 0.383 e. The van der Waals surface area contributed by atoms with Crippen LogP contribution >= 0.6 is 23.1 Å². The molecule has 0 radical (unpaired) electrons. The van der Waals surface area contributed by atoms with Gasteiger partial charge in [0.1, 0.15) is 5.82 Å². The highest BCUT2D eigenvalue weighted by molar-refractivity contribution is 8.01. The molecule has 1 heterocycles. The Morgan fingerprint density at radius 2 is 2.25 bits per heavy atom. The van der Waals surface area contributed by atoms with Gasteiger partial charge in [0.25, 0.3) is 0 Å². The maximum atomic E-state index is 13.4. The van der Waals surface area contributed by atoms with Crippen molar-refractivity contribution in [2.45, 2.75) is 17.8 Å². The molecule has 0 aliphatic heterocycles. The van der Waals surface area contributed by atoms with Gasteiger partial charge in [-0.1, -0.05) is 35.2 Å². The second kappa shape index (κ2) is 9.55. The van der Waals surface area contributed by atoms with Gasteiger partial charge >= 0.3 is 0 Å². The van der Waals surface area contributed by atoms with Crippen LogP contribution in [0, 0.1) is 12.7 Å². The molecule has 0 aliphatic carbocycles. The average molecular weight is 370 g/mol. The highest BCUT2D eigenvalue weighted by Crippen LogP contribution is 2.25. The minimum Gasteiger partial charge on any atom is -0.383 e. The number of carbonyl (C=O) groups excluding carboxylic acids is 1. The predicted octanol–water partition coefficient (Wildman–Crippen LogP) is 2.45. The molecule has 2 aromatic rings. The molecule has 0 fully saturated rings. The zero-order valence-corrected chi connectivity index (χ0v) is 15.1. The van der Waals surface area contributed by atoms with Crippen molar-refractivity contribution >= 4 is 34.1 Å². The van der Waals surface area contributed by atoms with Crippen molar-refractivity contribution in [3.8, 4) is 0 Å². The lowest BCUT2D eigenvalue weighted by Gasteiger charge is -2.05. The van der Waals surface area contributed by atoms with Crippen LogP contribution in [0.5, 0.6) is 0 Å². The Kier molecular flexibility index (Phi) is 7.41. The number of aromatic nitrogens is 2. The molecule has 1 aromatic carbocycles. The zero-order valence-electron chi connectivity index (χ0n) is 13.5. The molecule has 0 spiro atoms. The van der Waals surface area contributed by atoms with Crippen molar-refractivity contribution in [2.75, 3.05) is 31.3 Å². The van der Waals surface area contributed by atoms with Crippen molar-refractivity contribution in [1.82, 2.24) is 15.5 Å². The van der Waals surface area contributed by atoms with Crippen molar-refractivity contribution in [2.24, 2.45) is 0 Å². The number of hydrogen-bond donors (Lipinski definition) is 2. The Hall–Kier alpha value is -1.71. The Morgan fingerprint density at radius 1 is 1.42 bits per heavy atom. The first-order valence-electron chi connectivity index (χ1n) is 7.29. The van der Waals surface area contributed by atoms with Gasteiger partial charge in [-0.2, -0.15) is 0 Å². The number of methoxy groups -OCH3 is 1. The maximum absolute atomic E-state index is 13.4. The van der Waals surface area contributed by atoms with Gasteiger partial charge in [-0.15, -0.1) is 10.2 Å². The molecule has 1 aromatic heterocycles. The van der Waals surface area contributed by atoms with E-state index in [2.05, 4.69) is 20.8 Å². The highest BCUT2D eigenvalue weighted by Gasteiger charge is 2.08. The fourth-order valence-corrected chi connectivity index (χ4v) is 3.33. The number of benzene rings is 1. The van der Waals surface area contributed by atoms with Gasteiger partial charge in [0.2, 0.25) is 11.0 Å². The molecule has 0 saturated heterocycles. The molecule has 6 nitrogen and oxygen atoms in total. The maximum Gasteiger partial charge on any atom is 0.230 e. The number of hydrogen-bond acceptors (Lipinski definition) is 7. The van der Waals surface area contributed by atoms with E-state index in [1.165, 1.54) is 29.2 Å². The first kappa shape index (κ1) is 18.6. The molecule has 9 heteroatoms. The van der Waals surface area contributed by atoms with E-state index >= 15 is 0 Å². The molecular formula is C15H19FN4O2S2. The molecular weight excluding hydrogens is 351 g/mol. The zero-order chi connectivity index (χ0) is 17.4. The highest BCUT2D eigenvalue weighted by atomic mass is 32.2. The van der Waals surface area contributed by atoms with Crippen molar-refractivity contribution in [1.29, 1.82) is 0 Å². The van der Waals surface area contributed by atoms with Crippen LogP contribution in [-0.2, 0) is 16.1 Å². The van der Waals surface area contributed by atoms with E-state index < -0.39 is 0 Å². The van der Waals surface area contributed by atoms with Crippen LogP contribution in [0.3, 0.4) is 0 Å². The van der Waals surface area contributed by atoms with E-state index in [1.807, 2.05) is 0 Å². The van der Waals surface area contributed by atoms with Crippen LogP contribution in [0.1, 0.15) is 11.1 Å². The number of nitrogens with zero attached hydrogens (tertiary/aromatic N) is 2. The first-order chi connectivity index (χ1) is 11.6. The summed E-state index contributed by atoms with van der Waals surface area (Å²) >= 11 is 2.70. The molecule has 24 heavy (non-hydrogen) atoms. The number of anilines is 1. The molecule has 1 amide bonds. The van der Waals surface area contributed by atoms with Gasteiger partial charge in [0.05, 0.1) is 12.4 Å². The van der Waals surface area contributed by atoms with Crippen molar-refractivity contribution in [3.63, 3.8) is 0 Å². The van der Waals surface area contributed by atoms with Gasteiger partial charge in [-0.05, 0) is 24.1 Å². The number of halogens is 1. The third kappa shape index (κ3) is 6.06. The summed E-state index contributed by atoms with van der Waals surface area (Å²) in [5, 5.41) is 14.5. The average Bonchev–Trinajstić information content (AvgIpc) is 3.02. The molecule has 2 N–H and O–H groups in total. The normalized spacial score (nSPS) is 10.6. The van der Waals surface area contributed by atoms with Crippen molar-refractivity contribution < 1.29 is 13.9 Å². The second-order valence-electron chi connectivity index (χ2n) is 4.94. The third-order valence-electron chi connectivity index (χ3n) is 3.04. The lowest BCUT2D eigenvalue weighted by molar-refractivity contribution is -0.118. The van der Waals surface area contributed by atoms with Crippen LogP contribution in [0.2, 0.25) is 0 Å². The molecule has 0 unspecified atom stereocenters. The number of amides is 1. The topological polar surface area (TPSA) is 76.1 Å². The molecule has 0 saturated carbocycles. The van der Waals surface area contributed by atoms with Gasteiger partial charge in [-0.25, -0.2) is 4.39 Å². The number of rotatable bonds is 9. The van der Waals surface area contributed by atoms with Gasteiger partial charge in [-0.3, -0.25) is 4.79 Å². The molecule has 130 valence electrons. The van der Waals surface area contributed by atoms with E-state index in [-0.39, 0.29) is 17.5 Å². The quantitative estimate of drug-likeness (QED) is 0.522. The number of ether oxygens (including phenoxy) is 1. The molecule has 0 atom stereocenters. The molecule has 2 rings (SSSR count). The van der Waals surface area contributed by atoms with Crippen LogP contribution in [0.25, 0.3) is 0 Å². The Balaban J connectivity index is 1.72. The summed E-state index contributed by atoms with van der Waals surface area (Å²) in [6.45, 7) is 3.25. The van der Waals surface area contributed by atoms with Gasteiger partial charge in [0, 0.05) is 20.2 Å². The Morgan fingerprint density at radius 3 is 3.00 bits per heavy atom. The van der Waals surface area contributed by atoms with E-state index in [4.69, 9.17) is 4.74 Å². The first-order valence-corrected chi connectivity index (χ1v) is 9.09. The van der Waals surface area contributed by atoms with Gasteiger partial charge in [0.15, 0.2) is 4.34 Å². The summed E-state index contributed by atoms with van der Waals surface area (Å²) in [6.07, 6.45) is 0. The summed E-state index contributed by atoms with van der Waals surface area (Å²) in [5.74, 6) is -0.162. The fraction of sp³-hybridized carbons (Fsp3) is 0.400. The SMILES string of the molecule is COCCNc1nnc(SCC(=O)NCc2ccc(C)c(F)c2)s1. The molecule has 0 aliphatic rings. The second-order valence-corrected chi connectivity index (χ2v) is 7.14. The number of aryl methyl sites for hydroxylation is 1. The minimum absolute atomic E-state index is 0.134.